The summed E-state index contributed by atoms with van der Waals surface area (Å²) in [7, 11) is 0. The molecule has 20 heavy (non-hydrogen) atoms. The van der Waals surface area contributed by atoms with E-state index in [1.54, 1.807) is 0 Å². The van der Waals surface area contributed by atoms with Gasteiger partial charge in [0.15, 0.2) is 0 Å². The Bertz CT molecular complexity index is 523. The van der Waals surface area contributed by atoms with Crippen LogP contribution in [0, 0.1) is 22.6 Å². The molecule has 0 radical (unpaired) electrons. The van der Waals surface area contributed by atoms with E-state index in [1.807, 2.05) is 0 Å². The highest BCUT2D eigenvalue weighted by atomic mass is 19.1. The topological polar surface area (TPSA) is 49.3 Å². The van der Waals surface area contributed by atoms with Gasteiger partial charge in [-0.15, -0.1) is 0 Å². The van der Waals surface area contributed by atoms with Crippen molar-refractivity contribution in [1.29, 1.82) is 0 Å². The Balaban J connectivity index is 1.95. The van der Waals surface area contributed by atoms with Crippen LogP contribution in [0.15, 0.2) is 18.2 Å². The third-order valence-electron chi connectivity index (χ3n) is 5.28. The Kier molecular flexibility index (Phi) is 3.63. The maximum atomic E-state index is 13.6. The molecule has 3 nitrogen and oxygen atoms in total. The molecular weight excluding hydrogens is 257 g/mol. The first-order chi connectivity index (χ1) is 9.18. The van der Waals surface area contributed by atoms with Gasteiger partial charge >= 0.3 is 5.97 Å². The summed E-state index contributed by atoms with van der Waals surface area (Å²) in [5, 5.41) is 12.2. The average Bonchev–Trinajstić information content (AvgIpc) is 2.73. The average molecular weight is 279 g/mol. The second kappa shape index (κ2) is 4.85. The van der Waals surface area contributed by atoms with Gasteiger partial charge in [0.2, 0.25) is 0 Å². The monoisotopic (exact) mass is 279 g/mol. The van der Waals surface area contributed by atoms with E-state index in [2.05, 4.69) is 33.0 Å². The summed E-state index contributed by atoms with van der Waals surface area (Å²) in [6.07, 6.45) is 0. The maximum Gasteiger partial charge on any atom is 0.335 e. The van der Waals surface area contributed by atoms with Crippen LogP contribution in [-0.2, 0) is 6.54 Å². The molecule has 1 aliphatic rings. The molecule has 0 aliphatic heterocycles. The summed E-state index contributed by atoms with van der Waals surface area (Å²) in [6.45, 7) is 10.1. The van der Waals surface area contributed by atoms with E-state index >= 15 is 0 Å². The van der Waals surface area contributed by atoms with Crippen molar-refractivity contribution in [3.63, 3.8) is 0 Å². The number of nitrogens with one attached hydrogen (secondary N) is 1. The molecule has 2 rings (SSSR count). The van der Waals surface area contributed by atoms with Crippen LogP contribution in [0.5, 0.6) is 0 Å². The maximum absolute atomic E-state index is 13.6. The molecule has 4 heteroatoms. The van der Waals surface area contributed by atoms with E-state index in [9.17, 15) is 9.18 Å². The molecule has 0 spiro atoms. The third-order valence-corrected chi connectivity index (χ3v) is 5.28. The molecule has 110 valence electrons. The van der Waals surface area contributed by atoms with Gasteiger partial charge in [0.25, 0.3) is 0 Å². The molecule has 0 saturated heterocycles. The van der Waals surface area contributed by atoms with Crippen LogP contribution in [0.2, 0.25) is 0 Å². The molecule has 0 aromatic heterocycles. The number of carboxylic acid groups (broad SMARTS) is 1. The Morgan fingerprint density at radius 3 is 2.40 bits per heavy atom. The van der Waals surface area contributed by atoms with Crippen molar-refractivity contribution in [2.75, 3.05) is 6.54 Å². The van der Waals surface area contributed by atoms with E-state index in [4.69, 9.17) is 5.11 Å². The molecule has 1 fully saturated rings. The minimum absolute atomic E-state index is 0.121. The van der Waals surface area contributed by atoms with Crippen molar-refractivity contribution in [1.82, 2.24) is 5.32 Å². The van der Waals surface area contributed by atoms with Crippen molar-refractivity contribution in [2.24, 2.45) is 16.7 Å². The van der Waals surface area contributed by atoms with Crippen molar-refractivity contribution in [3.05, 3.63) is 35.1 Å². The summed E-state index contributed by atoms with van der Waals surface area (Å²) >= 11 is 0. The van der Waals surface area contributed by atoms with Gasteiger partial charge in [-0.05, 0) is 41.5 Å². The van der Waals surface area contributed by atoms with Gasteiger partial charge in [-0.3, -0.25) is 0 Å². The SMILES string of the molecule is CC1(C)C(CNCc2cc(C(=O)O)ccc2F)C1(C)C. The first-order valence-electron chi connectivity index (χ1n) is 6.90. The van der Waals surface area contributed by atoms with Gasteiger partial charge in [-0.2, -0.15) is 0 Å². The summed E-state index contributed by atoms with van der Waals surface area (Å²) in [5.41, 5.74) is 1.11. The van der Waals surface area contributed by atoms with Crippen LogP contribution in [0.1, 0.15) is 43.6 Å². The number of carbonyl (C=O) groups is 1. The number of hydrogen-bond acceptors (Lipinski definition) is 2. The van der Waals surface area contributed by atoms with E-state index in [1.165, 1.54) is 18.2 Å². The number of benzene rings is 1. The molecule has 0 amide bonds. The van der Waals surface area contributed by atoms with Crippen molar-refractivity contribution in [2.45, 2.75) is 34.2 Å². The van der Waals surface area contributed by atoms with Crippen LogP contribution in [0.3, 0.4) is 0 Å². The molecule has 2 N–H and O–H groups in total. The van der Waals surface area contributed by atoms with Crippen LogP contribution < -0.4 is 5.32 Å². The fourth-order valence-corrected chi connectivity index (χ4v) is 3.04. The Labute approximate surface area is 119 Å². The number of aromatic carboxylic acids is 1. The van der Waals surface area contributed by atoms with Crippen LogP contribution >= 0.6 is 0 Å². The molecule has 0 unspecified atom stereocenters. The zero-order valence-corrected chi connectivity index (χ0v) is 12.5. The van der Waals surface area contributed by atoms with Crippen molar-refractivity contribution < 1.29 is 14.3 Å². The molecule has 1 aliphatic carbocycles. The van der Waals surface area contributed by atoms with Crippen molar-refractivity contribution >= 4 is 5.97 Å². The van der Waals surface area contributed by atoms with Crippen molar-refractivity contribution in [3.8, 4) is 0 Å². The van der Waals surface area contributed by atoms with Crippen LogP contribution in [-0.4, -0.2) is 17.6 Å². The summed E-state index contributed by atoms with van der Waals surface area (Å²) in [4.78, 5) is 10.9. The second-order valence-electron chi connectivity index (χ2n) is 6.74. The Morgan fingerprint density at radius 1 is 1.30 bits per heavy atom. The molecule has 0 heterocycles. The van der Waals surface area contributed by atoms with E-state index < -0.39 is 5.97 Å². The standard InChI is InChI=1S/C16H22FNO2/c1-15(2)13(16(15,3)4)9-18-8-11-7-10(14(19)20)5-6-12(11)17/h5-7,13,18H,8-9H2,1-4H3,(H,19,20). The van der Waals surface area contributed by atoms with Gasteiger partial charge in [0, 0.05) is 12.1 Å². The number of halogens is 1. The number of carboxylic acids is 1. The van der Waals surface area contributed by atoms with E-state index in [0.717, 1.165) is 6.54 Å². The minimum atomic E-state index is -1.03. The van der Waals surface area contributed by atoms with Crippen LogP contribution in [0.4, 0.5) is 4.39 Å². The van der Waals surface area contributed by atoms with Crippen LogP contribution in [0.25, 0.3) is 0 Å². The normalized spacial score (nSPS) is 19.9. The second-order valence-corrected chi connectivity index (χ2v) is 6.74. The number of hydrogen-bond donors (Lipinski definition) is 2. The third kappa shape index (κ3) is 2.44. The molecular formula is C16H22FNO2. The van der Waals surface area contributed by atoms with E-state index in [-0.39, 0.29) is 11.4 Å². The summed E-state index contributed by atoms with van der Waals surface area (Å²) in [5.74, 6) is -0.840. The largest absolute Gasteiger partial charge is 0.478 e. The predicted octanol–water partition coefficient (Wildman–Crippen LogP) is 3.30. The fraction of sp³-hybridized carbons (Fsp3) is 0.562. The molecule has 1 saturated carbocycles. The highest BCUT2D eigenvalue weighted by Gasteiger charge is 2.63. The molecule has 1 aromatic rings. The first-order valence-corrected chi connectivity index (χ1v) is 6.90. The molecule has 0 atom stereocenters. The highest BCUT2D eigenvalue weighted by molar-refractivity contribution is 5.87. The Hall–Kier alpha value is -1.42. The highest BCUT2D eigenvalue weighted by Crippen LogP contribution is 2.67. The zero-order chi connectivity index (χ0) is 15.1. The lowest BCUT2D eigenvalue weighted by Gasteiger charge is -2.08. The summed E-state index contributed by atoms with van der Waals surface area (Å²) < 4.78 is 13.6. The lowest BCUT2D eigenvalue weighted by atomic mass is 10.0. The molecule has 1 aromatic carbocycles. The predicted molar refractivity (Wildman–Crippen MR) is 76.1 cm³/mol. The van der Waals surface area contributed by atoms with Gasteiger partial charge in [-0.25, -0.2) is 9.18 Å². The van der Waals surface area contributed by atoms with Gasteiger partial charge < -0.3 is 10.4 Å². The zero-order valence-electron chi connectivity index (χ0n) is 12.5. The number of rotatable bonds is 5. The summed E-state index contributed by atoms with van der Waals surface area (Å²) in [6, 6.07) is 3.90. The van der Waals surface area contributed by atoms with Gasteiger partial charge in [-0.1, -0.05) is 27.7 Å². The van der Waals surface area contributed by atoms with Gasteiger partial charge in [0.05, 0.1) is 5.56 Å². The first kappa shape index (κ1) is 15.0. The van der Waals surface area contributed by atoms with E-state index in [0.29, 0.717) is 28.9 Å². The lowest BCUT2D eigenvalue weighted by molar-refractivity contribution is 0.0696. The lowest BCUT2D eigenvalue weighted by Crippen LogP contribution is -2.19. The smallest absolute Gasteiger partial charge is 0.335 e. The quantitative estimate of drug-likeness (QED) is 0.869. The Morgan fingerprint density at radius 2 is 1.90 bits per heavy atom. The van der Waals surface area contributed by atoms with Gasteiger partial charge in [0.1, 0.15) is 5.82 Å². The molecule has 0 bridgehead atoms. The minimum Gasteiger partial charge on any atom is -0.478 e. The fourth-order valence-electron chi connectivity index (χ4n) is 3.04.